The summed E-state index contributed by atoms with van der Waals surface area (Å²) in [6.45, 7) is 3.99. The van der Waals surface area contributed by atoms with Gasteiger partial charge in [0.25, 0.3) is 0 Å². The quantitative estimate of drug-likeness (QED) is 0.406. The van der Waals surface area contributed by atoms with Gasteiger partial charge in [0.15, 0.2) is 0 Å². The Kier molecular flexibility index (Phi) is 9.06. The number of esters is 1. The van der Waals surface area contributed by atoms with Gasteiger partial charge >= 0.3 is 12.1 Å². The predicted octanol–water partition coefficient (Wildman–Crippen LogP) is 4.91. The van der Waals surface area contributed by atoms with Crippen molar-refractivity contribution in [3.63, 3.8) is 0 Å². The fraction of sp³-hybridized carbons (Fsp3) is 0.621. The number of likely N-dealkylation sites (tertiary alicyclic amines) is 1. The van der Waals surface area contributed by atoms with Gasteiger partial charge < -0.3 is 23.8 Å². The molecule has 0 saturated carbocycles. The summed E-state index contributed by atoms with van der Waals surface area (Å²) >= 11 is 0. The zero-order valence-electron chi connectivity index (χ0n) is 23.5. The molecule has 2 fully saturated rings. The number of halogens is 3. The second-order valence-electron chi connectivity index (χ2n) is 11.0. The maximum atomic E-state index is 12.9. The second-order valence-corrected chi connectivity index (χ2v) is 11.0. The lowest BCUT2D eigenvalue weighted by molar-refractivity contribution is -0.148. The molecule has 5 heterocycles. The highest BCUT2D eigenvalue weighted by Crippen LogP contribution is 2.39. The Morgan fingerprint density at radius 3 is 2.41 bits per heavy atom. The molecule has 2 saturated heterocycles. The number of fused-ring (bicyclic) bond motifs is 1. The van der Waals surface area contributed by atoms with Crippen LogP contribution in [-0.4, -0.2) is 80.1 Å². The van der Waals surface area contributed by atoms with E-state index in [4.69, 9.17) is 18.9 Å². The number of carbonyl (C=O) groups excluding carboxylic acids is 1. The minimum atomic E-state index is -4.18. The van der Waals surface area contributed by atoms with Gasteiger partial charge in [-0.2, -0.15) is 13.2 Å². The number of pyridine rings is 2. The number of methoxy groups -OCH3 is 1. The highest BCUT2D eigenvalue weighted by molar-refractivity contribution is 5.66. The molecular weight excluding hydrogens is 541 g/mol. The Labute approximate surface area is 237 Å². The van der Waals surface area contributed by atoms with Gasteiger partial charge in [-0.1, -0.05) is 0 Å². The van der Waals surface area contributed by atoms with Crippen LogP contribution in [0.15, 0.2) is 24.5 Å². The summed E-state index contributed by atoms with van der Waals surface area (Å²) in [6, 6.07) is 3.75. The van der Waals surface area contributed by atoms with E-state index in [0.717, 1.165) is 42.7 Å². The zero-order valence-corrected chi connectivity index (χ0v) is 23.5. The van der Waals surface area contributed by atoms with Crippen molar-refractivity contribution < 1.29 is 36.9 Å². The van der Waals surface area contributed by atoms with Crippen molar-refractivity contribution in [3.8, 4) is 17.5 Å². The van der Waals surface area contributed by atoms with Crippen molar-refractivity contribution in [2.24, 2.45) is 5.92 Å². The summed E-state index contributed by atoms with van der Waals surface area (Å²) in [7, 11) is 1.58. The highest BCUT2D eigenvalue weighted by Gasteiger charge is 2.34. The van der Waals surface area contributed by atoms with E-state index in [2.05, 4.69) is 14.9 Å². The van der Waals surface area contributed by atoms with Crippen molar-refractivity contribution in [2.45, 2.75) is 57.2 Å². The van der Waals surface area contributed by atoms with Gasteiger partial charge in [0, 0.05) is 56.0 Å². The van der Waals surface area contributed by atoms with Gasteiger partial charge in [-0.3, -0.25) is 9.69 Å². The van der Waals surface area contributed by atoms with Crippen LogP contribution >= 0.6 is 0 Å². The highest BCUT2D eigenvalue weighted by atomic mass is 19.4. The molecule has 0 spiro atoms. The van der Waals surface area contributed by atoms with Gasteiger partial charge in [-0.25, -0.2) is 9.97 Å². The van der Waals surface area contributed by atoms with Crippen molar-refractivity contribution in [3.05, 3.63) is 35.7 Å². The number of aromatic nitrogens is 2. The standard InChI is InChI=1S/C29H37F3N4O5/c1-19(37)41-25-7-12-39-26-16-34-28(13-22(25)26)40-17-20-3-10-36(11-4-20)24-14-27(38-2)33-15-23(24)21-5-8-35(9-6-21)18-29(30,31)32/h13-16,20-21,25H,3-12,17-18H2,1-2H3. The fourth-order valence-corrected chi connectivity index (χ4v) is 5.98. The van der Waals surface area contributed by atoms with Crippen LogP contribution in [0.1, 0.15) is 62.2 Å². The topological polar surface area (TPSA) is 86.2 Å². The molecule has 1 atom stereocenters. The Hall–Kier alpha value is -3.28. The number of hydrogen-bond acceptors (Lipinski definition) is 9. The molecule has 2 aromatic rings. The largest absolute Gasteiger partial charge is 0.491 e. The summed E-state index contributed by atoms with van der Waals surface area (Å²) in [5.41, 5.74) is 2.91. The van der Waals surface area contributed by atoms with Crippen LogP contribution < -0.4 is 19.1 Å². The fourth-order valence-electron chi connectivity index (χ4n) is 5.98. The van der Waals surface area contributed by atoms with Crippen molar-refractivity contribution in [1.82, 2.24) is 14.9 Å². The number of rotatable bonds is 8. The molecule has 0 aromatic carbocycles. The lowest BCUT2D eigenvalue weighted by atomic mass is 9.88. The minimum absolute atomic E-state index is 0.156. The van der Waals surface area contributed by atoms with Crippen LogP contribution in [-0.2, 0) is 9.53 Å². The number of piperidine rings is 2. The summed E-state index contributed by atoms with van der Waals surface area (Å²) in [4.78, 5) is 24.1. The number of hydrogen-bond donors (Lipinski definition) is 0. The van der Waals surface area contributed by atoms with E-state index < -0.39 is 12.7 Å². The Morgan fingerprint density at radius 1 is 1.00 bits per heavy atom. The van der Waals surface area contributed by atoms with Crippen molar-refractivity contribution in [2.75, 3.05) is 57.9 Å². The molecule has 2 aromatic heterocycles. The van der Waals surface area contributed by atoms with E-state index in [1.54, 1.807) is 19.4 Å². The third-order valence-corrected chi connectivity index (χ3v) is 8.11. The molecule has 3 aliphatic rings. The minimum Gasteiger partial charge on any atom is -0.491 e. The monoisotopic (exact) mass is 578 g/mol. The maximum absolute atomic E-state index is 12.9. The number of carbonyl (C=O) groups is 1. The molecular formula is C29H37F3N4O5. The molecule has 41 heavy (non-hydrogen) atoms. The third-order valence-electron chi connectivity index (χ3n) is 8.11. The molecule has 3 aliphatic heterocycles. The van der Waals surface area contributed by atoms with Crippen molar-refractivity contribution in [1.29, 1.82) is 0 Å². The van der Waals surface area contributed by atoms with E-state index in [-0.39, 0.29) is 18.0 Å². The number of alkyl halides is 3. The van der Waals surface area contributed by atoms with E-state index in [0.29, 0.717) is 69.0 Å². The van der Waals surface area contributed by atoms with E-state index >= 15 is 0 Å². The van der Waals surface area contributed by atoms with Crippen molar-refractivity contribution >= 4 is 11.7 Å². The van der Waals surface area contributed by atoms with Crippen LogP contribution in [0.5, 0.6) is 17.5 Å². The normalized spacial score (nSPS) is 20.7. The van der Waals surface area contributed by atoms with Crippen LogP contribution in [0.2, 0.25) is 0 Å². The molecule has 5 rings (SSSR count). The van der Waals surface area contributed by atoms with Crippen LogP contribution in [0, 0.1) is 5.92 Å². The van der Waals surface area contributed by atoms with Crippen LogP contribution in [0.25, 0.3) is 0 Å². The molecule has 0 aliphatic carbocycles. The summed E-state index contributed by atoms with van der Waals surface area (Å²) in [6.07, 6.45) is 2.66. The van der Waals surface area contributed by atoms with Gasteiger partial charge in [-0.05, 0) is 56.2 Å². The lowest BCUT2D eigenvalue weighted by Crippen LogP contribution is -2.40. The third kappa shape index (κ3) is 7.52. The number of ether oxygens (including phenoxy) is 4. The summed E-state index contributed by atoms with van der Waals surface area (Å²) in [5, 5.41) is 0. The second kappa shape index (κ2) is 12.7. The molecule has 12 heteroatoms. The Morgan fingerprint density at radius 2 is 1.73 bits per heavy atom. The van der Waals surface area contributed by atoms with E-state index in [1.807, 2.05) is 12.3 Å². The average Bonchev–Trinajstić information content (AvgIpc) is 2.95. The van der Waals surface area contributed by atoms with Gasteiger partial charge in [-0.15, -0.1) is 0 Å². The molecule has 224 valence electrons. The van der Waals surface area contributed by atoms with Crippen LogP contribution in [0.4, 0.5) is 18.9 Å². The van der Waals surface area contributed by atoms with Gasteiger partial charge in [0.05, 0.1) is 33.1 Å². The number of anilines is 1. The molecule has 0 amide bonds. The summed E-state index contributed by atoms with van der Waals surface area (Å²) < 4.78 is 61.1. The van der Waals surface area contributed by atoms with Gasteiger partial charge in [0.2, 0.25) is 11.8 Å². The first-order chi connectivity index (χ1) is 19.7. The summed E-state index contributed by atoms with van der Waals surface area (Å²) in [5.74, 6) is 1.77. The molecule has 0 N–H and O–H groups in total. The average molecular weight is 579 g/mol. The van der Waals surface area contributed by atoms with E-state index in [1.165, 1.54) is 11.8 Å². The predicted molar refractivity (Wildman–Crippen MR) is 145 cm³/mol. The van der Waals surface area contributed by atoms with E-state index in [9.17, 15) is 18.0 Å². The first kappa shape index (κ1) is 29.2. The first-order valence-electron chi connectivity index (χ1n) is 14.2. The Bertz CT molecular complexity index is 1200. The molecule has 0 radical (unpaired) electrons. The Balaban J connectivity index is 1.18. The van der Waals surface area contributed by atoms with Crippen LogP contribution in [0.3, 0.4) is 0 Å². The number of nitrogens with zero attached hydrogens (tertiary/aromatic N) is 4. The SMILES string of the molecule is COc1cc(N2CCC(COc3cc4c(cn3)OCCC4OC(C)=O)CC2)c(C2CCN(CC(F)(F)F)CC2)cn1. The maximum Gasteiger partial charge on any atom is 0.401 e. The van der Waals surface area contributed by atoms with Gasteiger partial charge in [0.1, 0.15) is 11.9 Å². The lowest BCUT2D eigenvalue weighted by Gasteiger charge is -2.37. The first-order valence-corrected chi connectivity index (χ1v) is 14.2. The molecule has 0 bridgehead atoms. The molecule has 9 nitrogen and oxygen atoms in total. The smallest absolute Gasteiger partial charge is 0.401 e. The zero-order chi connectivity index (χ0) is 29.0. The molecule has 1 unspecified atom stereocenters.